The number of methoxy groups -OCH3 is 1. The third-order valence-corrected chi connectivity index (χ3v) is 2.76. The fraction of sp³-hybridized carbons (Fsp3) is 0.538. The van der Waals surface area contributed by atoms with Crippen molar-refractivity contribution in [3.63, 3.8) is 0 Å². The molecule has 0 saturated heterocycles. The van der Waals surface area contributed by atoms with Gasteiger partial charge in [-0.1, -0.05) is 13.0 Å². The molecule has 1 aromatic rings. The quantitative estimate of drug-likeness (QED) is 0.750. The molecule has 0 atom stereocenters. The second-order valence-corrected chi connectivity index (χ2v) is 3.86. The van der Waals surface area contributed by atoms with Gasteiger partial charge in [0.1, 0.15) is 0 Å². The van der Waals surface area contributed by atoms with Crippen molar-refractivity contribution in [2.24, 2.45) is 0 Å². The maximum absolute atomic E-state index is 5.03. The van der Waals surface area contributed by atoms with Crippen molar-refractivity contribution in [3.8, 4) is 0 Å². The molecule has 0 bridgehead atoms. The van der Waals surface area contributed by atoms with Crippen LogP contribution in [0.25, 0.3) is 0 Å². The lowest BCUT2D eigenvalue weighted by atomic mass is 10.0. The Labute approximate surface area is 92.6 Å². The van der Waals surface area contributed by atoms with Gasteiger partial charge in [-0.25, -0.2) is 0 Å². The molecule has 84 valence electrons. The first-order valence-electron chi connectivity index (χ1n) is 5.52. The normalized spacial score (nSPS) is 10.4. The number of hydrogen-bond donors (Lipinski definition) is 1. The maximum atomic E-state index is 5.03. The summed E-state index contributed by atoms with van der Waals surface area (Å²) in [6.07, 6.45) is 1.08. The predicted octanol–water partition coefficient (Wildman–Crippen LogP) is 2.92. The highest BCUT2D eigenvalue weighted by atomic mass is 16.5. The van der Waals surface area contributed by atoms with Crippen molar-refractivity contribution >= 4 is 5.69 Å². The van der Waals surface area contributed by atoms with Gasteiger partial charge in [-0.05, 0) is 43.0 Å². The van der Waals surface area contributed by atoms with Crippen molar-refractivity contribution in [2.75, 3.05) is 25.6 Å². The molecular formula is C13H21NO. The topological polar surface area (TPSA) is 21.3 Å². The smallest absolute Gasteiger partial charge is 0.0635 e. The van der Waals surface area contributed by atoms with E-state index in [1.807, 2.05) is 0 Å². The van der Waals surface area contributed by atoms with Crippen LogP contribution in [0.5, 0.6) is 0 Å². The zero-order valence-corrected chi connectivity index (χ0v) is 10.2. The molecule has 0 aliphatic heterocycles. The van der Waals surface area contributed by atoms with Crippen molar-refractivity contribution in [1.82, 2.24) is 0 Å². The molecule has 1 aromatic carbocycles. The largest absolute Gasteiger partial charge is 0.383 e. The Hall–Kier alpha value is -1.02. The number of anilines is 1. The van der Waals surface area contributed by atoms with Crippen molar-refractivity contribution in [2.45, 2.75) is 27.2 Å². The fourth-order valence-electron chi connectivity index (χ4n) is 1.61. The summed E-state index contributed by atoms with van der Waals surface area (Å²) < 4.78 is 5.03. The van der Waals surface area contributed by atoms with Crippen LogP contribution in [-0.2, 0) is 11.2 Å². The monoisotopic (exact) mass is 207 g/mol. The Morgan fingerprint density at radius 2 is 2.00 bits per heavy atom. The lowest BCUT2D eigenvalue weighted by molar-refractivity contribution is 0.211. The lowest BCUT2D eigenvalue weighted by Gasteiger charge is -2.13. The van der Waals surface area contributed by atoms with Gasteiger partial charge in [0.25, 0.3) is 0 Å². The molecule has 0 heterocycles. The van der Waals surface area contributed by atoms with E-state index in [1.165, 1.54) is 22.4 Å². The number of nitrogens with one attached hydrogen (secondary N) is 1. The van der Waals surface area contributed by atoms with Crippen LogP contribution in [0, 0.1) is 13.8 Å². The third-order valence-electron chi connectivity index (χ3n) is 2.76. The molecule has 2 nitrogen and oxygen atoms in total. The van der Waals surface area contributed by atoms with Crippen molar-refractivity contribution in [1.29, 1.82) is 0 Å². The molecule has 0 aromatic heterocycles. The second-order valence-electron chi connectivity index (χ2n) is 3.86. The molecule has 0 spiro atoms. The van der Waals surface area contributed by atoms with Crippen LogP contribution in [-0.4, -0.2) is 20.3 Å². The Morgan fingerprint density at radius 3 is 2.60 bits per heavy atom. The van der Waals surface area contributed by atoms with Crippen molar-refractivity contribution in [3.05, 3.63) is 28.8 Å². The maximum Gasteiger partial charge on any atom is 0.0635 e. The van der Waals surface area contributed by atoms with Crippen LogP contribution in [0.4, 0.5) is 5.69 Å². The number of hydrogen-bond acceptors (Lipinski definition) is 2. The average molecular weight is 207 g/mol. The van der Waals surface area contributed by atoms with E-state index >= 15 is 0 Å². The van der Waals surface area contributed by atoms with E-state index in [1.54, 1.807) is 7.11 Å². The van der Waals surface area contributed by atoms with Crippen LogP contribution in [0.2, 0.25) is 0 Å². The minimum atomic E-state index is 0.745. The molecule has 0 fully saturated rings. The second kappa shape index (κ2) is 5.76. The number of aryl methyl sites for hydroxylation is 2. The first-order chi connectivity index (χ1) is 7.19. The van der Waals surface area contributed by atoms with E-state index in [-0.39, 0.29) is 0 Å². The molecule has 0 amide bonds. The highest BCUT2D eigenvalue weighted by Gasteiger charge is 2.02. The molecule has 0 aliphatic carbocycles. The van der Waals surface area contributed by atoms with Gasteiger partial charge in [0.05, 0.1) is 6.61 Å². The van der Waals surface area contributed by atoms with E-state index in [0.717, 1.165) is 19.6 Å². The summed E-state index contributed by atoms with van der Waals surface area (Å²) in [5.74, 6) is 0. The first kappa shape index (κ1) is 12.1. The fourth-order valence-corrected chi connectivity index (χ4v) is 1.61. The van der Waals surface area contributed by atoms with Gasteiger partial charge >= 0.3 is 0 Å². The Kier molecular flexibility index (Phi) is 4.63. The Morgan fingerprint density at radius 1 is 1.27 bits per heavy atom. The number of rotatable bonds is 5. The molecule has 1 N–H and O–H groups in total. The van der Waals surface area contributed by atoms with Crippen LogP contribution < -0.4 is 5.32 Å². The minimum absolute atomic E-state index is 0.745. The summed E-state index contributed by atoms with van der Waals surface area (Å²) in [7, 11) is 1.72. The van der Waals surface area contributed by atoms with Gasteiger partial charge in [-0.2, -0.15) is 0 Å². The highest BCUT2D eigenvalue weighted by molar-refractivity contribution is 5.56. The lowest BCUT2D eigenvalue weighted by Crippen LogP contribution is -2.09. The van der Waals surface area contributed by atoms with E-state index in [4.69, 9.17) is 4.74 Å². The van der Waals surface area contributed by atoms with Gasteiger partial charge in [0, 0.05) is 19.3 Å². The van der Waals surface area contributed by atoms with Gasteiger partial charge in [0.15, 0.2) is 0 Å². The molecule has 0 unspecified atom stereocenters. The van der Waals surface area contributed by atoms with Gasteiger partial charge < -0.3 is 10.1 Å². The SMILES string of the molecule is CCc1cc(C)c(C)c(NCCOC)c1. The van der Waals surface area contributed by atoms with Crippen LogP contribution in [0.15, 0.2) is 12.1 Å². The zero-order valence-electron chi connectivity index (χ0n) is 10.2. The molecule has 1 rings (SSSR count). The van der Waals surface area contributed by atoms with E-state index in [0.29, 0.717) is 0 Å². The van der Waals surface area contributed by atoms with E-state index in [9.17, 15) is 0 Å². The highest BCUT2D eigenvalue weighted by Crippen LogP contribution is 2.21. The van der Waals surface area contributed by atoms with Crippen LogP contribution in [0.3, 0.4) is 0 Å². The summed E-state index contributed by atoms with van der Waals surface area (Å²) in [5.41, 5.74) is 5.32. The van der Waals surface area contributed by atoms with E-state index in [2.05, 4.69) is 38.2 Å². The molecular weight excluding hydrogens is 186 g/mol. The minimum Gasteiger partial charge on any atom is -0.383 e. The Balaban J connectivity index is 2.80. The summed E-state index contributed by atoms with van der Waals surface area (Å²) in [5, 5.41) is 3.40. The standard InChI is InChI=1S/C13H21NO/c1-5-12-8-10(2)11(3)13(9-12)14-6-7-15-4/h8-9,14H,5-7H2,1-4H3. The van der Waals surface area contributed by atoms with Gasteiger partial charge in [0.2, 0.25) is 0 Å². The summed E-state index contributed by atoms with van der Waals surface area (Å²) in [4.78, 5) is 0. The number of ether oxygens (including phenoxy) is 1. The summed E-state index contributed by atoms with van der Waals surface area (Å²) in [6, 6.07) is 4.49. The molecule has 0 radical (unpaired) electrons. The summed E-state index contributed by atoms with van der Waals surface area (Å²) >= 11 is 0. The van der Waals surface area contributed by atoms with E-state index < -0.39 is 0 Å². The molecule has 15 heavy (non-hydrogen) atoms. The Bertz CT molecular complexity index is 321. The zero-order chi connectivity index (χ0) is 11.3. The molecule has 2 heteroatoms. The summed E-state index contributed by atoms with van der Waals surface area (Å²) in [6.45, 7) is 8.11. The average Bonchev–Trinajstić information content (AvgIpc) is 2.24. The molecule has 0 aliphatic rings. The van der Waals surface area contributed by atoms with Crippen molar-refractivity contribution < 1.29 is 4.74 Å². The van der Waals surface area contributed by atoms with Gasteiger partial charge in [-0.15, -0.1) is 0 Å². The van der Waals surface area contributed by atoms with Crippen LogP contribution >= 0.6 is 0 Å². The predicted molar refractivity (Wildman–Crippen MR) is 65.7 cm³/mol. The van der Waals surface area contributed by atoms with Gasteiger partial charge in [-0.3, -0.25) is 0 Å². The first-order valence-corrected chi connectivity index (χ1v) is 5.52. The molecule has 0 saturated carbocycles. The third kappa shape index (κ3) is 3.24. The number of benzene rings is 1. The van der Waals surface area contributed by atoms with Crippen LogP contribution in [0.1, 0.15) is 23.6 Å².